The number of benzene rings is 1. The number of carboxylic acid groups (broad SMARTS) is 1. The molecule has 0 aliphatic carbocycles. The van der Waals surface area contributed by atoms with E-state index in [-0.39, 0.29) is 28.6 Å². The van der Waals surface area contributed by atoms with Crippen molar-refractivity contribution in [2.45, 2.75) is 11.3 Å². The van der Waals surface area contributed by atoms with Gasteiger partial charge in [-0.15, -0.1) is 0 Å². The van der Waals surface area contributed by atoms with Gasteiger partial charge in [0.15, 0.2) is 0 Å². The van der Waals surface area contributed by atoms with Crippen molar-refractivity contribution in [1.29, 1.82) is 0 Å². The van der Waals surface area contributed by atoms with Gasteiger partial charge in [-0.1, -0.05) is 11.6 Å². The van der Waals surface area contributed by atoms with Crippen LogP contribution in [0.5, 0.6) is 5.75 Å². The van der Waals surface area contributed by atoms with Crippen molar-refractivity contribution < 1.29 is 23.1 Å². The van der Waals surface area contributed by atoms with Crippen LogP contribution >= 0.6 is 11.6 Å². The number of halogens is 1. The zero-order chi connectivity index (χ0) is 13.8. The fraction of sp³-hybridized carbons (Fsp3) is 0.300. The third-order valence-corrected chi connectivity index (χ3v) is 3.76. The van der Waals surface area contributed by atoms with E-state index in [9.17, 15) is 13.2 Å². The number of nitrogens with one attached hydrogen (secondary N) is 1. The maximum absolute atomic E-state index is 11.9. The molecule has 1 rings (SSSR count). The average Bonchev–Trinajstić information content (AvgIpc) is 2.28. The van der Waals surface area contributed by atoms with Crippen LogP contribution in [0.2, 0.25) is 5.02 Å². The minimum Gasteiger partial charge on any atom is -0.495 e. The second-order valence-corrected chi connectivity index (χ2v) is 5.51. The van der Waals surface area contributed by atoms with Crippen molar-refractivity contribution in [3.8, 4) is 5.75 Å². The van der Waals surface area contributed by atoms with E-state index in [1.165, 1.54) is 25.3 Å². The van der Waals surface area contributed by atoms with Crippen molar-refractivity contribution in [3.63, 3.8) is 0 Å². The monoisotopic (exact) mass is 293 g/mol. The molecule has 0 saturated carbocycles. The topological polar surface area (TPSA) is 92.7 Å². The van der Waals surface area contributed by atoms with Gasteiger partial charge in [0.05, 0.1) is 13.5 Å². The van der Waals surface area contributed by atoms with Crippen LogP contribution in [0.4, 0.5) is 0 Å². The van der Waals surface area contributed by atoms with E-state index in [1.807, 2.05) is 0 Å². The Morgan fingerprint density at radius 2 is 2.17 bits per heavy atom. The Labute approximate surface area is 110 Å². The van der Waals surface area contributed by atoms with Crippen LogP contribution < -0.4 is 9.46 Å². The van der Waals surface area contributed by atoms with Crippen molar-refractivity contribution in [3.05, 3.63) is 23.2 Å². The van der Waals surface area contributed by atoms with Gasteiger partial charge >= 0.3 is 5.97 Å². The van der Waals surface area contributed by atoms with Gasteiger partial charge in [-0.25, -0.2) is 13.1 Å². The molecule has 0 aromatic heterocycles. The molecular formula is C10H12ClNO5S. The summed E-state index contributed by atoms with van der Waals surface area (Å²) in [6, 6.07) is 4.16. The van der Waals surface area contributed by atoms with Gasteiger partial charge in [0, 0.05) is 11.6 Å². The summed E-state index contributed by atoms with van der Waals surface area (Å²) in [6.07, 6.45) is -0.303. The smallest absolute Gasteiger partial charge is 0.304 e. The number of rotatable bonds is 6. The number of ether oxygens (including phenoxy) is 1. The first kappa shape index (κ1) is 14.7. The molecule has 6 nitrogen and oxygen atoms in total. The molecule has 0 aliphatic rings. The average molecular weight is 294 g/mol. The normalized spacial score (nSPS) is 11.2. The van der Waals surface area contributed by atoms with Crippen LogP contribution in [-0.2, 0) is 14.8 Å². The van der Waals surface area contributed by atoms with Gasteiger partial charge in [0.25, 0.3) is 0 Å². The Morgan fingerprint density at radius 3 is 2.72 bits per heavy atom. The number of carbonyl (C=O) groups is 1. The van der Waals surface area contributed by atoms with E-state index in [4.69, 9.17) is 21.4 Å². The van der Waals surface area contributed by atoms with Gasteiger partial charge in [-0.2, -0.15) is 0 Å². The van der Waals surface area contributed by atoms with Crippen molar-refractivity contribution >= 4 is 27.6 Å². The molecule has 0 bridgehead atoms. The lowest BCUT2D eigenvalue weighted by atomic mass is 10.3. The second-order valence-electron chi connectivity index (χ2n) is 3.34. The predicted molar refractivity (Wildman–Crippen MR) is 65.4 cm³/mol. The highest BCUT2D eigenvalue weighted by atomic mass is 35.5. The lowest BCUT2D eigenvalue weighted by Crippen LogP contribution is -2.26. The zero-order valence-electron chi connectivity index (χ0n) is 9.51. The highest BCUT2D eigenvalue weighted by Crippen LogP contribution is 2.26. The first-order valence-corrected chi connectivity index (χ1v) is 6.78. The summed E-state index contributed by atoms with van der Waals surface area (Å²) in [5.41, 5.74) is 0. The number of methoxy groups -OCH3 is 1. The largest absolute Gasteiger partial charge is 0.495 e. The number of sulfonamides is 1. The Balaban J connectivity index is 2.97. The SMILES string of the molecule is COc1ccc(Cl)cc1S(=O)(=O)NCCC(=O)O. The third kappa shape index (κ3) is 3.86. The number of hydrogen-bond acceptors (Lipinski definition) is 4. The molecule has 1 aromatic carbocycles. The van der Waals surface area contributed by atoms with Gasteiger partial charge in [0.1, 0.15) is 10.6 Å². The molecule has 0 unspecified atom stereocenters. The summed E-state index contributed by atoms with van der Waals surface area (Å²) in [6.45, 7) is -0.201. The standard InChI is InChI=1S/C10H12ClNO5S/c1-17-8-3-2-7(11)6-9(8)18(15,16)12-5-4-10(13)14/h2-3,6,12H,4-5H2,1H3,(H,13,14). The van der Waals surface area contributed by atoms with E-state index in [1.54, 1.807) is 0 Å². The summed E-state index contributed by atoms with van der Waals surface area (Å²) in [5.74, 6) is -0.946. The predicted octanol–water partition coefficient (Wildman–Crippen LogP) is 1.10. The summed E-state index contributed by atoms with van der Waals surface area (Å²) in [7, 11) is -2.51. The molecule has 0 heterocycles. The quantitative estimate of drug-likeness (QED) is 0.819. The van der Waals surface area contributed by atoms with Crippen LogP contribution in [0.15, 0.2) is 23.1 Å². The van der Waals surface area contributed by atoms with Crippen molar-refractivity contribution in [2.75, 3.05) is 13.7 Å². The fourth-order valence-corrected chi connectivity index (χ4v) is 2.69. The molecule has 0 fully saturated rings. The van der Waals surface area contributed by atoms with Gasteiger partial charge in [-0.05, 0) is 18.2 Å². The van der Waals surface area contributed by atoms with Gasteiger partial charge < -0.3 is 9.84 Å². The zero-order valence-corrected chi connectivity index (χ0v) is 11.1. The molecule has 0 atom stereocenters. The lowest BCUT2D eigenvalue weighted by molar-refractivity contribution is -0.136. The molecule has 2 N–H and O–H groups in total. The highest BCUT2D eigenvalue weighted by molar-refractivity contribution is 7.89. The number of carboxylic acids is 1. The fourth-order valence-electron chi connectivity index (χ4n) is 1.23. The van der Waals surface area contributed by atoms with E-state index in [0.29, 0.717) is 0 Å². The minimum atomic E-state index is -3.84. The molecule has 0 amide bonds. The van der Waals surface area contributed by atoms with E-state index >= 15 is 0 Å². The van der Waals surface area contributed by atoms with Crippen molar-refractivity contribution in [2.24, 2.45) is 0 Å². The Morgan fingerprint density at radius 1 is 1.50 bits per heavy atom. The van der Waals surface area contributed by atoms with Crippen LogP contribution in [0.1, 0.15) is 6.42 Å². The molecule has 0 saturated heterocycles. The van der Waals surface area contributed by atoms with Crippen LogP contribution in [-0.4, -0.2) is 33.1 Å². The van der Waals surface area contributed by atoms with Gasteiger partial charge in [-0.3, -0.25) is 4.79 Å². The maximum Gasteiger partial charge on any atom is 0.304 e. The summed E-state index contributed by atoms with van der Waals surface area (Å²) in [5, 5.41) is 8.69. The summed E-state index contributed by atoms with van der Waals surface area (Å²) < 4.78 is 30.9. The molecule has 18 heavy (non-hydrogen) atoms. The Bertz CT molecular complexity index is 543. The number of aliphatic carboxylic acids is 1. The van der Waals surface area contributed by atoms with Gasteiger partial charge in [0.2, 0.25) is 10.0 Å². The Hall–Kier alpha value is -1.31. The molecular weight excluding hydrogens is 282 g/mol. The Kier molecular flexibility index (Phi) is 4.94. The lowest BCUT2D eigenvalue weighted by Gasteiger charge is -2.10. The van der Waals surface area contributed by atoms with E-state index in [0.717, 1.165) is 0 Å². The number of hydrogen-bond donors (Lipinski definition) is 2. The van der Waals surface area contributed by atoms with Crippen molar-refractivity contribution in [1.82, 2.24) is 4.72 Å². The second kappa shape index (κ2) is 6.03. The molecule has 1 aromatic rings. The van der Waals surface area contributed by atoms with Crippen LogP contribution in [0, 0.1) is 0 Å². The molecule has 0 spiro atoms. The van der Waals surface area contributed by atoms with E-state index in [2.05, 4.69) is 4.72 Å². The minimum absolute atomic E-state index is 0.122. The molecule has 0 aliphatic heterocycles. The highest BCUT2D eigenvalue weighted by Gasteiger charge is 2.19. The summed E-state index contributed by atoms with van der Waals surface area (Å²) in [4.78, 5) is 10.2. The molecule has 100 valence electrons. The maximum atomic E-state index is 11.9. The van der Waals surface area contributed by atoms with Crippen LogP contribution in [0.3, 0.4) is 0 Å². The van der Waals surface area contributed by atoms with E-state index < -0.39 is 16.0 Å². The molecule has 0 radical (unpaired) electrons. The first-order chi connectivity index (χ1) is 8.36. The molecule has 8 heteroatoms. The van der Waals surface area contributed by atoms with Crippen LogP contribution in [0.25, 0.3) is 0 Å². The summed E-state index contributed by atoms with van der Waals surface area (Å²) >= 11 is 5.72. The first-order valence-electron chi connectivity index (χ1n) is 4.92. The third-order valence-electron chi connectivity index (χ3n) is 2.05.